The van der Waals surface area contributed by atoms with Gasteiger partial charge in [0, 0.05) is 15.3 Å². The van der Waals surface area contributed by atoms with E-state index < -0.39 is 0 Å². The fraction of sp³-hybridized carbons (Fsp3) is 0.375. The summed E-state index contributed by atoms with van der Waals surface area (Å²) in [4.78, 5) is 2.53. The average Bonchev–Trinajstić information content (AvgIpc) is 2.90. The molecular formula is C16H20FNS. The molecule has 0 bridgehead atoms. The van der Waals surface area contributed by atoms with Crippen molar-refractivity contribution >= 4 is 11.3 Å². The second kappa shape index (κ2) is 6.83. The topological polar surface area (TPSA) is 12.0 Å². The number of nitrogens with one attached hydrogen (secondary N) is 1. The largest absolute Gasteiger partial charge is 0.306 e. The van der Waals surface area contributed by atoms with Crippen LogP contribution in [0, 0.1) is 5.82 Å². The first kappa shape index (κ1) is 14.2. The fourth-order valence-corrected chi connectivity index (χ4v) is 3.15. The van der Waals surface area contributed by atoms with Crippen LogP contribution in [0.3, 0.4) is 0 Å². The predicted octanol–water partition coefficient (Wildman–Crippen LogP) is 4.54. The first-order valence-electron chi connectivity index (χ1n) is 6.82. The molecule has 0 amide bonds. The lowest BCUT2D eigenvalue weighted by Gasteiger charge is -2.18. The van der Waals surface area contributed by atoms with Crippen molar-refractivity contribution in [1.82, 2.24) is 5.32 Å². The van der Waals surface area contributed by atoms with Crippen LogP contribution in [0.1, 0.15) is 41.6 Å². The number of halogens is 1. The highest BCUT2D eigenvalue weighted by molar-refractivity contribution is 7.12. The summed E-state index contributed by atoms with van der Waals surface area (Å²) >= 11 is 1.77. The van der Waals surface area contributed by atoms with Gasteiger partial charge in [-0.3, -0.25) is 0 Å². The van der Waals surface area contributed by atoms with Gasteiger partial charge < -0.3 is 5.32 Å². The normalized spacial score (nSPS) is 12.6. The van der Waals surface area contributed by atoms with Crippen LogP contribution < -0.4 is 5.32 Å². The van der Waals surface area contributed by atoms with Crippen molar-refractivity contribution in [2.45, 2.75) is 32.7 Å². The Morgan fingerprint density at radius 2 is 1.95 bits per heavy atom. The molecule has 0 aliphatic rings. The Bertz CT molecular complexity index is 521. The molecule has 0 spiro atoms. The first-order valence-corrected chi connectivity index (χ1v) is 7.64. The van der Waals surface area contributed by atoms with E-state index in [0.717, 1.165) is 24.9 Å². The molecule has 3 heteroatoms. The minimum atomic E-state index is -0.137. The maximum Gasteiger partial charge on any atom is 0.128 e. The monoisotopic (exact) mass is 277 g/mol. The van der Waals surface area contributed by atoms with Crippen LogP contribution in [-0.2, 0) is 6.42 Å². The Morgan fingerprint density at radius 3 is 2.58 bits per heavy atom. The lowest BCUT2D eigenvalue weighted by atomic mass is 10.0. The number of thiophene rings is 1. The van der Waals surface area contributed by atoms with E-state index in [1.165, 1.54) is 15.8 Å². The van der Waals surface area contributed by atoms with Gasteiger partial charge in [0.05, 0.1) is 6.04 Å². The van der Waals surface area contributed by atoms with Crippen LogP contribution in [0.2, 0.25) is 0 Å². The highest BCUT2D eigenvalue weighted by Gasteiger charge is 2.18. The molecule has 1 aromatic carbocycles. The smallest absolute Gasteiger partial charge is 0.128 e. The number of hydrogen-bond acceptors (Lipinski definition) is 2. The summed E-state index contributed by atoms with van der Waals surface area (Å²) in [7, 11) is 0. The third-order valence-electron chi connectivity index (χ3n) is 3.13. The Kier molecular flexibility index (Phi) is 5.11. The van der Waals surface area contributed by atoms with Crippen molar-refractivity contribution in [2.75, 3.05) is 6.54 Å². The summed E-state index contributed by atoms with van der Waals surface area (Å²) in [6, 6.07) is 11.3. The van der Waals surface area contributed by atoms with E-state index >= 15 is 0 Å². The fourth-order valence-electron chi connectivity index (χ4n) is 2.10. The van der Waals surface area contributed by atoms with Gasteiger partial charge in [-0.25, -0.2) is 4.39 Å². The van der Waals surface area contributed by atoms with E-state index in [9.17, 15) is 4.39 Å². The van der Waals surface area contributed by atoms with Crippen LogP contribution in [0.4, 0.5) is 4.39 Å². The van der Waals surface area contributed by atoms with Gasteiger partial charge in [0.1, 0.15) is 5.82 Å². The highest BCUT2D eigenvalue weighted by atomic mass is 32.1. The van der Waals surface area contributed by atoms with Gasteiger partial charge in [0.15, 0.2) is 0 Å². The maximum atomic E-state index is 14.0. The maximum absolute atomic E-state index is 14.0. The summed E-state index contributed by atoms with van der Waals surface area (Å²) in [5.41, 5.74) is 0.737. The van der Waals surface area contributed by atoms with Crippen LogP contribution in [-0.4, -0.2) is 6.54 Å². The molecular weight excluding hydrogens is 257 g/mol. The highest BCUT2D eigenvalue weighted by Crippen LogP contribution is 2.30. The zero-order chi connectivity index (χ0) is 13.7. The van der Waals surface area contributed by atoms with Crippen molar-refractivity contribution in [3.63, 3.8) is 0 Å². The Balaban J connectivity index is 2.32. The van der Waals surface area contributed by atoms with Crippen molar-refractivity contribution < 1.29 is 4.39 Å². The standard InChI is InChI=1S/C16H20FNS/c1-3-11-18-16(13-7-5-6-8-14(13)17)15-10-9-12(4-2)19-15/h5-10,16,18H,3-4,11H2,1-2H3. The molecule has 102 valence electrons. The van der Waals surface area contributed by atoms with E-state index in [4.69, 9.17) is 0 Å². The Hall–Kier alpha value is -1.19. The second-order valence-electron chi connectivity index (χ2n) is 4.57. The van der Waals surface area contributed by atoms with Gasteiger partial charge in [-0.15, -0.1) is 11.3 Å². The van der Waals surface area contributed by atoms with Crippen molar-refractivity contribution in [3.05, 3.63) is 57.5 Å². The van der Waals surface area contributed by atoms with Crippen molar-refractivity contribution in [2.24, 2.45) is 0 Å². The van der Waals surface area contributed by atoms with Gasteiger partial charge in [-0.1, -0.05) is 32.0 Å². The summed E-state index contributed by atoms with van der Waals surface area (Å²) < 4.78 is 14.0. The van der Waals surface area contributed by atoms with Crippen molar-refractivity contribution in [3.8, 4) is 0 Å². The molecule has 1 nitrogen and oxygen atoms in total. The molecule has 0 radical (unpaired) electrons. The van der Waals surface area contributed by atoms with Gasteiger partial charge in [-0.2, -0.15) is 0 Å². The van der Waals surface area contributed by atoms with Gasteiger partial charge in [-0.05, 0) is 37.6 Å². The minimum Gasteiger partial charge on any atom is -0.306 e. The number of rotatable bonds is 6. The van der Waals surface area contributed by atoms with E-state index in [1.54, 1.807) is 17.4 Å². The lowest BCUT2D eigenvalue weighted by molar-refractivity contribution is 0.551. The first-order chi connectivity index (χ1) is 9.26. The van der Waals surface area contributed by atoms with Crippen molar-refractivity contribution in [1.29, 1.82) is 0 Å². The number of hydrogen-bond donors (Lipinski definition) is 1. The molecule has 19 heavy (non-hydrogen) atoms. The summed E-state index contributed by atoms with van der Waals surface area (Å²) in [5.74, 6) is -0.137. The zero-order valence-corrected chi connectivity index (χ0v) is 12.3. The zero-order valence-electron chi connectivity index (χ0n) is 11.4. The molecule has 0 aliphatic carbocycles. The second-order valence-corrected chi connectivity index (χ2v) is 5.77. The molecule has 1 unspecified atom stereocenters. The summed E-state index contributed by atoms with van der Waals surface area (Å²) in [5, 5.41) is 3.45. The van der Waals surface area contributed by atoms with Gasteiger partial charge in [0.25, 0.3) is 0 Å². The van der Waals surface area contributed by atoms with E-state index in [-0.39, 0.29) is 11.9 Å². The summed E-state index contributed by atoms with van der Waals surface area (Å²) in [6.07, 6.45) is 2.07. The van der Waals surface area contributed by atoms with Crippen LogP contribution >= 0.6 is 11.3 Å². The molecule has 2 aromatic rings. The van der Waals surface area contributed by atoms with E-state index in [2.05, 4.69) is 31.3 Å². The third kappa shape index (κ3) is 3.43. The predicted molar refractivity (Wildman–Crippen MR) is 80.2 cm³/mol. The third-order valence-corrected chi connectivity index (χ3v) is 4.42. The average molecular weight is 277 g/mol. The molecule has 0 aliphatic heterocycles. The van der Waals surface area contributed by atoms with Gasteiger partial charge >= 0.3 is 0 Å². The molecule has 2 rings (SSSR count). The molecule has 1 heterocycles. The molecule has 1 atom stereocenters. The van der Waals surface area contributed by atoms with Gasteiger partial charge in [0.2, 0.25) is 0 Å². The summed E-state index contributed by atoms with van der Waals surface area (Å²) in [6.45, 7) is 5.16. The van der Waals surface area contributed by atoms with Crippen LogP contribution in [0.25, 0.3) is 0 Å². The molecule has 1 N–H and O–H groups in total. The Labute approximate surface area is 118 Å². The Morgan fingerprint density at radius 1 is 1.16 bits per heavy atom. The lowest BCUT2D eigenvalue weighted by Crippen LogP contribution is -2.23. The molecule has 0 saturated heterocycles. The molecule has 1 aromatic heterocycles. The van der Waals surface area contributed by atoms with E-state index in [1.807, 2.05) is 12.1 Å². The quantitative estimate of drug-likeness (QED) is 0.817. The SMILES string of the molecule is CCCNC(c1ccc(CC)s1)c1ccccc1F. The van der Waals surface area contributed by atoms with Crippen LogP contribution in [0.15, 0.2) is 36.4 Å². The molecule has 0 fully saturated rings. The minimum absolute atomic E-state index is 0.0357. The van der Waals surface area contributed by atoms with E-state index in [0.29, 0.717) is 0 Å². The van der Waals surface area contributed by atoms with Crippen LogP contribution in [0.5, 0.6) is 0 Å². The number of aryl methyl sites for hydroxylation is 1. The number of benzene rings is 1. The molecule has 0 saturated carbocycles.